The van der Waals surface area contributed by atoms with E-state index in [0.717, 1.165) is 16.8 Å². The molecule has 1 aliphatic heterocycles. The van der Waals surface area contributed by atoms with Gasteiger partial charge >= 0.3 is 6.03 Å². The van der Waals surface area contributed by atoms with Gasteiger partial charge in [-0.3, -0.25) is 9.69 Å². The fourth-order valence-corrected chi connectivity index (χ4v) is 2.92. The molecule has 0 saturated carbocycles. The van der Waals surface area contributed by atoms with Gasteiger partial charge in [0, 0.05) is 36.0 Å². The summed E-state index contributed by atoms with van der Waals surface area (Å²) in [6, 6.07) is 18.4. The first kappa shape index (κ1) is 18.3. The number of anilines is 1. The highest BCUT2D eigenvalue weighted by molar-refractivity contribution is 5.94. The van der Waals surface area contributed by atoms with Crippen LogP contribution in [0.25, 0.3) is 11.3 Å². The highest BCUT2D eigenvalue weighted by Crippen LogP contribution is 2.19. The molecule has 1 aromatic heterocycles. The largest absolute Gasteiger partial charge is 0.355 e. The number of nitrogens with one attached hydrogen (secondary N) is 2. The highest BCUT2D eigenvalue weighted by atomic mass is 16.5. The molecule has 7 nitrogen and oxygen atoms in total. The summed E-state index contributed by atoms with van der Waals surface area (Å²) in [6.07, 6.45) is 0. The number of hydrogen-bond donors (Lipinski definition) is 2. The molecule has 1 fully saturated rings. The maximum Gasteiger partial charge on any atom is 0.321 e. The van der Waals surface area contributed by atoms with Gasteiger partial charge in [-0.15, -0.1) is 0 Å². The van der Waals surface area contributed by atoms with Gasteiger partial charge in [-0.05, 0) is 24.3 Å². The lowest BCUT2D eigenvalue weighted by atomic mass is 10.1. The lowest BCUT2D eigenvalue weighted by molar-refractivity contribution is 0.0949. The fraction of sp³-hybridized carbons (Fsp3) is 0.136. The standard InChI is InChI=1S/C22H18N4O3/c27-21(19-15-20(29-25-19)17-6-2-1-3-7-17)23-12-4-5-16-8-10-18(11-9-16)26-14-13-24-22(26)28/h1-3,6-11,15H,12-14H2,(H,23,27)(H,24,28). The number of urea groups is 1. The van der Waals surface area contributed by atoms with Crippen LogP contribution in [0.3, 0.4) is 0 Å². The van der Waals surface area contributed by atoms with Crippen molar-refractivity contribution in [2.45, 2.75) is 0 Å². The monoisotopic (exact) mass is 386 g/mol. The molecular weight excluding hydrogens is 368 g/mol. The van der Waals surface area contributed by atoms with Gasteiger partial charge in [0.25, 0.3) is 5.91 Å². The fourth-order valence-electron chi connectivity index (χ4n) is 2.92. The minimum atomic E-state index is -0.347. The van der Waals surface area contributed by atoms with Crippen LogP contribution in [-0.2, 0) is 0 Å². The molecule has 2 heterocycles. The van der Waals surface area contributed by atoms with Crippen molar-refractivity contribution in [3.05, 3.63) is 71.9 Å². The molecule has 1 saturated heterocycles. The van der Waals surface area contributed by atoms with Gasteiger partial charge in [-0.1, -0.05) is 47.3 Å². The zero-order valence-electron chi connectivity index (χ0n) is 15.5. The SMILES string of the molecule is O=C(NCC#Cc1ccc(N2CCNC2=O)cc1)c1cc(-c2ccccc2)on1. The lowest BCUT2D eigenvalue weighted by Crippen LogP contribution is -2.27. The molecule has 0 radical (unpaired) electrons. The minimum Gasteiger partial charge on any atom is -0.355 e. The second-order valence-electron chi connectivity index (χ2n) is 6.36. The third-order valence-corrected chi connectivity index (χ3v) is 4.41. The summed E-state index contributed by atoms with van der Waals surface area (Å²) in [4.78, 5) is 25.5. The van der Waals surface area contributed by atoms with Gasteiger partial charge in [0.2, 0.25) is 0 Å². The van der Waals surface area contributed by atoms with Gasteiger partial charge in [-0.2, -0.15) is 0 Å². The van der Waals surface area contributed by atoms with Gasteiger partial charge in [0.15, 0.2) is 11.5 Å². The third kappa shape index (κ3) is 4.28. The number of rotatable bonds is 4. The summed E-state index contributed by atoms with van der Waals surface area (Å²) in [5.41, 5.74) is 2.70. The van der Waals surface area contributed by atoms with Gasteiger partial charge in [0.05, 0.1) is 6.54 Å². The molecule has 0 spiro atoms. The predicted molar refractivity (Wildman–Crippen MR) is 108 cm³/mol. The van der Waals surface area contributed by atoms with E-state index in [2.05, 4.69) is 27.6 Å². The Bertz CT molecular complexity index is 1080. The number of aromatic nitrogens is 1. The van der Waals surface area contributed by atoms with Crippen molar-refractivity contribution < 1.29 is 14.1 Å². The van der Waals surface area contributed by atoms with Crippen LogP contribution in [0, 0.1) is 11.8 Å². The van der Waals surface area contributed by atoms with Crippen LogP contribution in [0.1, 0.15) is 16.1 Å². The van der Waals surface area contributed by atoms with E-state index >= 15 is 0 Å². The first-order valence-electron chi connectivity index (χ1n) is 9.15. The molecule has 2 N–H and O–H groups in total. The minimum absolute atomic E-state index is 0.0881. The molecule has 7 heteroatoms. The van der Waals surface area contributed by atoms with E-state index in [4.69, 9.17) is 4.52 Å². The number of carbonyl (C=O) groups excluding carboxylic acids is 2. The average Bonchev–Trinajstić information content (AvgIpc) is 3.42. The van der Waals surface area contributed by atoms with Crippen molar-refractivity contribution >= 4 is 17.6 Å². The molecule has 4 rings (SSSR count). The van der Waals surface area contributed by atoms with Crippen molar-refractivity contribution in [3.63, 3.8) is 0 Å². The van der Waals surface area contributed by atoms with Crippen molar-refractivity contribution in [2.75, 3.05) is 24.5 Å². The topological polar surface area (TPSA) is 87.5 Å². The Morgan fingerprint density at radius 3 is 2.69 bits per heavy atom. The molecule has 0 aliphatic carbocycles. The van der Waals surface area contributed by atoms with E-state index in [1.54, 1.807) is 11.0 Å². The van der Waals surface area contributed by atoms with Gasteiger partial charge in [-0.25, -0.2) is 4.79 Å². The van der Waals surface area contributed by atoms with Crippen LogP contribution < -0.4 is 15.5 Å². The second-order valence-corrected chi connectivity index (χ2v) is 6.36. The second kappa shape index (κ2) is 8.31. The Hall–Kier alpha value is -4.05. The number of nitrogens with zero attached hydrogens (tertiary/aromatic N) is 2. The summed E-state index contributed by atoms with van der Waals surface area (Å²) >= 11 is 0. The summed E-state index contributed by atoms with van der Waals surface area (Å²) in [5.74, 6) is 6.08. The van der Waals surface area contributed by atoms with Crippen LogP contribution >= 0.6 is 0 Å². The predicted octanol–water partition coefficient (Wildman–Crippen LogP) is 2.65. The zero-order chi connectivity index (χ0) is 20.1. The number of carbonyl (C=O) groups is 2. The van der Waals surface area contributed by atoms with Crippen molar-refractivity contribution in [2.24, 2.45) is 0 Å². The molecule has 0 unspecified atom stereocenters. The van der Waals surface area contributed by atoms with Crippen molar-refractivity contribution in [1.82, 2.24) is 15.8 Å². The Labute approximate surface area is 167 Å². The summed E-state index contributed by atoms with van der Waals surface area (Å²) in [6.45, 7) is 1.49. The molecule has 0 atom stereocenters. The van der Waals surface area contributed by atoms with Crippen LogP contribution in [0.5, 0.6) is 0 Å². The number of hydrogen-bond acceptors (Lipinski definition) is 4. The summed E-state index contributed by atoms with van der Waals surface area (Å²) < 4.78 is 5.23. The van der Waals surface area contributed by atoms with Crippen LogP contribution in [0.4, 0.5) is 10.5 Å². The Kier molecular flexibility index (Phi) is 5.25. The van der Waals surface area contributed by atoms with Crippen molar-refractivity contribution in [3.8, 4) is 23.2 Å². The first-order valence-corrected chi connectivity index (χ1v) is 9.15. The summed E-state index contributed by atoms with van der Waals surface area (Å²) in [5, 5.41) is 9.28. The van der Waals surface area contributed by atoms with Crippen molar-refractivity contribution in [1.29, 1.82) is 0 Å². The first-order chi connectivity index (χ1) is 14.2. The molecule has 3 aromatic rings. The molecule has 144 valence electrons. The summed E-state index contributed by atoms with van der Waals surface area (Å²) in [7, 11) is 0. The number of benzene rings is 2. The Morgan fingerprint density at radius 1 is 1.17 bits per heavy atom. The smallest absolute Gasteiger partial charge is 0.321 e. The van der Waals surface area contributed by atoms with E-state index in [-0.39, 0.29) is 24.2 Å². The van der Waals surface area contributed by atoms with E-state index in [9.17, 15) is 9.59 Å². The molecule has 29 heavy (non-hydrogen) atoms. The Morgan fingerprint density at radius 2 is 1.97 bits per heavy atom. The van der Waals surface area contributed by atoms with E-state index in [0.29, 0.717) is 18.8 Å². The quantitative estimate of drug-likeness (QED) is 0.675. The van der Waals surface area contributed by atoms with Crippen LogP contribution in [0.2, 0.25) is 0 Å². The average molecular weight is 386 g/mol. The molecule has 3 amide bonds. The lowest BCUT2D eigenvalue weighted by Gasteiger charge is -2.13. The zero-order valence-corrected chi connectivity index (χ0v) is 15.5. The third-order valence-electron chi connectivity index (χ3n) is 4.41. The van der Waals surface area contributed by atoms with E-state index in [1.807, 2.05) is 54.6 Å². The van der Waals surface area contributed by atoms with Crippen LogP contribution in [0.15, 0.2) is 65.2 Å². The maximum atomic E-state index is 12.2. The molecule has 2 aromatic carbocycles. The van der Waals surface area contributed by atoms with E-state index in [1.165, 1.54) is 0 Å². The van der Waals surface area contributed by atoms with Gasteiger partial charge in [0.1, 0.15) is 0 Å². The van der Waals surface area contributed by atoms with Crippen LogP contribution in [-0.4, -0.2) is 36.7 Å². The molecule has 0 bridgehead atoms. The van der Waals surface area contributed by atoms with Gasteiger partial charge < -0.3 is 15.2 Å². The number of amides is 3. The molecule has 1 aliphatic rings. The maximum absolute atomic E-state index is 12.2. The molecular formula is C22H18N4O3. The Balaban J connectivity index is 1.31. The van der Waals surface area contributed by atoms with E-state index < -0.39 is 0 Å². The highest BCUT2D eigenvalue weighted by Gasteiger charge is 2.20. The normalized spacial score (nSPS) is 12.8.